The molecule has 1 atom stereocenters. The molecule has 7 nitrogen and oxygen atoms in total. The van der Waals surface area contributed by atoms with Crippen LogP contribution < -0.4 is 5.32 Å². The van der Waals surface area contributed by atoms with Crippen LogP contribution in [0.5, 0.6) is 0 Å². The molecular formula is C19H18N6O. The van der Waals surface area contributed by atoms with Gasteiger partial charge >= 0.3 is 0 Å². The molecule has 2 aromatic carbocycles. The zero-order valence-electron chi connectivity index (χ0n) is 14.0. The van der Waals surface area contributed by atoms with Crippen LogP contribution in [0.4, 0.5) is 5.95 Å². The molecule has 0 radical (unpaired) electrons. The highest BCUT2D eigenvalue weighted by Gasteiger charge is 2.13. The summed E-state index contributed by atoms with van der Waals surface area (Å²) in [6, 6.07) is 19.5. The quantitative estimate of drug-likeness (QED) is 0.556. The summed E-state index contributed by atoms with van der Waals surface area (Å²) in [7, 11) is 0. The van der Waals surface area contributed by atoms with Crippen LogP contribution in [-0.4, -0.2) is 42.7 Å². The lowest BCUT2D eigenvalue weighted by molar-refractivity contribution is 0.273. The highest BCUT2D eigenvalue weighted by Crippen LogP contribution is 2.15. The van der Waals surface area contributed by atoms with Gasteiger partial charge in [0.1, 0.15) is 0 Å². The molecule has 4 aromatic rings. The van der Waals surface area contributed by atoms with Crippen molar-refractivity contribution in [2.24, 2.45) is 0 Å². The van der Waals surface area contributed by atoms with E-state index in [1.54, 1.807) is 10.9 Å². The molecule has 0 aliphatic rings. The van der Waals surface area contributed by atoms with Crippen molar-refractivity contribution in [1.29, 1.82) is 0 Å². The normalized spacial score (nSPS) is 12.2. The van der Waals surface area contributed by atoms with E-state index in [4.69, 9.17) is 0 Å². The molecular weight excluding hydrogens is 328 g/mol. The number of para-hydroxylation sites is 1. The third-order valence-electron chi connectivity index (χ3n) is 4.07. The molecule has 130 valence electrons. The summed E-state index contributed by atoms with van der Waals surface area (Å²) in [6.07, 6.45) is 2.31. The van der Waals surface area contributed by atoms with Crippen molar-refractivity contribution in [2.75, 3.05) is 11.9 Å². The lowest BCUT2D eigenvalue weighted by Crippen LogP contribution is -2.27. The van der Waals surface area contributed by atoms with E-state index in [-0.39, 0.29) is 12.6 Å². The number of aliphatic hydroxyl groups excluding tert-OH is 1. The Labute approximate surface area is 150 Å². The monoisotopic (exact) mass is 346 g/mol. The zero-order valence-corrected chi connectivity index (χ0v) is 14.0. The Bertz CT molecular complexity index is 987. The van der Waals surface area contributed by atoms with Crippen LogP contribution in [0.1, 0.15) is 5.56 Å². The first-order valence-corrected chi connectivity index (χ1v) is 8.38. The number of hydrogen-bond acceptors (Lipinski definition) is 6. The second kappa shape index (κ2) is 7.28. The molecule has 0 spiro atoms. The number of nitrogens with zero attached hydrogens (tertiary/aromatic N) is 5. The highest BCUT2D eigenvalue weighted by atomic mass is 16.3. The van der Waals surface area contributed by atoms with Crippen molar-refractivity contribution in [1.82, 2.24) is 25.0 Å². The Morgan fingerprint density at radius 1 is 1.00 bits per heavy atom. The molecule has 0 fully saturated rings. The molecule has 26 heavy (non-hydrogen) atoms. The third-order valence-corrected chi connectivity index (χ3v) is 4.07. The van der Waals surface area contributed by atoms with E-state index >= 15 is 0 Å². The fraction of sp³-hybridized carbons (Fsp3) is 0.158. The first-order valence-electron chi connectivity index (χ1n) is 8.38. The average Bonchev–Trinajstić information content (AvgIpc) is 3.12. The SMILES string of the molecule is OC[C@H](Cc1ccccc1)Nc1ncc2nnn(-c3ccccc3)c2n1. The maximum atomic E-state index is 9.71. The van der Waals surface area contributed by atoms with Gasteiger partial charge in [-0.2, -0.15) is 9.67 Å². The van der Waals surface area contributed by atoms with E-state index < -0.39 is 0 Å². The van der Waals surface area contributed by atoms with Crippen molar-refractivity contribution < 1.29 is 5.11 Å². The van der Waals surface area contributed by atoms with Crippen LogP contribution in [0.25, 0.3) is 16.9 Å². The second-order valence-electron chi connectivity index (χ2n) is 5.95. The van der Waals surface area contributed by atoms with Crippen molar-refractivity contribution in [2.45, 2.75) is 12.5 Å². The lowest BCUT2D eigenvalue weighted by atomic mass is 10.1. The Balaban J connectivity index is 1.60. The summed E-state index contributed by atoms with van der Waals surface area (Å²) in [5.41, 5.74) is 3.24. The number of fused-ring (bicyclic) bond motifs is 1. The predicted octanol–water partition coefficient (Wildman–Crippen LogP) is 2.23. The largest absolute Gasteiger partial charge is 0.394 e. The van der Waals surface area contributed by atoms with Crippen molar-refractivity contribution in [3.05, 3.63) is 72.4 Å². The third kappa shape index (κ3) is 3.38. The van der Waals surface area contributed by atoms with Crippen LogP contribution in [0.3, 0.4) is 0 Å². The van der Waals surface area contributed by atoms with Gasteiger partial charge in [0.15, 0.2) is 11.2 Å². The standard InChI is InChI=1S/C19H18N6O/c26-13-15(11-14-7-3-1-4-8-14)21-19-20-12-17-18(22-19)25(24-23-17)16-9-5-2-6-10-16/h1-10,12,15,26H,11,13H2,(H,20,21,22)/t15-/m0/s1. The molecule has 2 N–H and O–H groups in total. The Morgan fingerprint density at radius 3 is 2.46 bits per heavy atom. The summed E-state index contributed by atoms with van der Waals surface area (Å²) in [6.45, 7) is -0.0213. The van der Waals surface area contributed by atoms with Gasteiger partial charge in [0.05, 0.1) is 24.5 Å². The van der Waals surface area contributed by atoms with E-state index in [1.807, 2.05) is 60.7 Å². The van der Waals surface area contributed by atoms with Gasteiger partial charge in [-0.1, -0.05) is 53.7 Å². The Hall–Kier alpha value is -3.32. The van der Waals surface area contributed by atoms with E-state index in [0.717, 1.165) is 11.3 Å². The van der Waals surface area contributed by atoms with E-state index in [0.29, 0.717) is 23.5 Å². The molecule has 7 heteroatoms. The average molecular weight is 346 g/mol. The van der Waals surface area contributed by atoms with Crippen LogP contribution in [0.15, 0.2) is 66.9 Å². The summed E-state index contributed by atoms with van der Waals surface area (Å²) < 4.78 is 1.67. The minimum absolute atomic E-state index is 0.0213. The molecule has 0 saturated heterocycles. The van der Waals surface area contributed by atoms with Gasteiger partial charge in [0.2, 0.25) is 5.95 Å². The van der Waals surface area contributed by atoms with Gasteiger partial charge in [0.25, 0.3) is 0 Å². The predicted molar refractivity (Wildman–Crippen MR) is 99.1 cm³/mol. The number of benzene rings is 2. The van der Waals surface area contributed by atoms with Crippen molar-refractivity contribution >= 4 is 17.1 Å². The van der Waals surface area contributed by atoms with E-state index in [9.17, 15) is 5.11 Å². The number of nitrogens with one attached hydrogen (secondary N) is 1. The van der Waals surface area contributed by atoms with Gasteiger partial charge in [-0.3, -0.25) is 0 Å². The van der Waals surface area contributed by atoms with Crippen LogP contribution >= 0.6 is 0 Å². The number of aromatic nitrogens is 5. The summed E-state index contributed by atoms with van der Waals surface area (Å²) in [4.78, 5) is 8.84. The topological polar surface area (TPSA) is 88.8 Å². The van der Waals surface area contributed by atoms with Gasteiger partial charge in [-0.15, -0.1) is 5.10 Å². The first-order chi connectivity index (χ1) is 12.8. The van der Waals surface area contributed by atoms with Crippen molar-refractivity contribution in [3.8, 4) is 5.69 Å². The van der Waals surface area contributed by atoms with Gasteiger partial charge < -0.3 is 10.4 Å². The Kier molecular flexibility index (Phi) is 4.53. The highest BCUT2D eigenvalue weighted by molar-refractivity contribution is 5.71. The Morgan fingerprint density at radius 2 is 1.73 bits per heavy atom. The number of hydrogen-bond donors (Lipinski definition) is 2. The van der Waals surface area contributed by atoms with Gasteiger partial charge in [0, 0.05) is 0 Å². The van der Waals surface area contributed by atoms with E-state index in [1.165, 1.54) is 0 Å². The molecule has 0 amide bonds. The molecule has 2 aromatic heterocycles. The summed E-state index contributed by atoms with van der Waals surface area (Å²) >= 11 is 0. The first kappa shape index (κ1) is 16.2. The second-order valence-corrected chi connectivity index (χ2v) is 5.95. The fourth-order valence-corrected chi connectivity index (χ4v) is 2.78. The van der Waals surface area contributed by atoms with Gasteiger partial charge in [-0.25, -0.2) is 4.98 Å². The smallest absolute Gasteiger partial charge is 0.225 e. The summed E-state index contributed by atoms with van der Waals surface area (Å²) in [5, 5.41) is 21.2. The van der Waals surface area contributed by atoms with E-state index in [2.05, 4.69) is 25.6 Å². The van der Waals surface area contributed by atoms with Crippen LogP contribution in [0.2, 0.25) is 0 Å². The molecule has 2 heterocycles. The zero-order chi connectivity index (χ0) is 17.8. The number of aliphatic hydroxyl groups is 1. The van der Waals surface area contributed by atoms with Crippen molar-refractivity contribution in [3.63, 3.8) is 0 Å². The number of anilines is 1. The minimum Gasteiger partial charge on any atom is -0.394 e. The van der Waals surface area contributed by atoms with Gasteiger partial charge in [-0.05, 0) is 24.1 Å². The molecule has 4 rings (SSSR count). The molecule has 0 bridgehead atoms. The fourth-order valence-electron chi connectivity index (χ4n) is 2.78. The molecule has 0 aliphatic carbocycles. The summed E-state index contributed by atoms with van der Waals surface area (Å²) in [5.74, 6) is 0.437. The van der Waals surface area contributed by atoms with Crippen LogP contribution in [0, 0.1) is 0 Å². The maximum absolute atomic E-state index is 9.71. The maximum Gasteiger partial charge on any atom is 0.225 e. The number of rotatable bonds is 6. The molecule has 0 unspecified atom stereocenters. The minimum atomic E-state index is -0.184. The van der Waals surface area contributed by atoms with Crippen LogP contribution in [-0.2, 0) is 6.42 Å². The lowest BCUT2D eigenvalue weighted by Gasteiger charge is -2.16. The molecule has 0 aliphatic heterocycles. The molecule has 0 saturated carbocycles.